The maximum Gasteiger partial charge on any atom is 0.270 e. The van der Waals surface area contributed by atoms with Crippen LogP contribution in [0.4, 0.5) is 10.2 Å². The Hall–Kier alpha value is -3.28. The molecule has 6 heteroatoms. The fourth-order valence-corrected chi connectivity index (χ4v) is 2.83. The van der Waals surface area contributed by atoms with Crippen molar-refractivity contribution in [3.63, 3.8) is 0 Å². The SMILES string of the molecule is CC(C)(C)Nc1cc(C(=O)NCCc2ccccc2F)nc(-c2ccccc2)n1. The lowest BCUT2D eigenvalue weighted by molar-refractivity contribution is 0.0949. The molecule has 1 amide bonds. The van der Waals surface area contributed by atoms with Gasteiger partial charge in [0.1, 0.15) is 17.3 Å². The number of nitrogens with zero attached hydrogens (tertiary/aromatic N) is 2. The summed E-state index contributed by atoms with van der Waals surface area (Å²) in [6.45, 7) is 6.37. The van der Waals surface area contributed by atoms with Crippen LogP contribution >= 0.6 is 0 Å². The largest absolute Gasteiger partial charge is 0.365 e. The van der Waals surface area contributed by atoms with Crippen LogP contribution in [0.15, 0.2) is 60.7 Å². The van der Waals surface area contributed by atoms with Crippen molar-refractivity contribution in [2.45, 2.75) is 32.7 Å². The predicted octanol–water partition coefficient (Wildman–Crippen LogP) is 4.47. The van der Waals surface area contributed by atoms with E-state index in [1.807, 2.05) is 51.1 Å². The minimum Gasteiger partial charge on any atom is -0.365 e. The third-order valence-corrected chi connectivity index (χ3v) is 4.13. The van der Waals surface area contributed by atoms with Gasteiger partial charge in [-0.3, -0.25) is 4.79 Å². The van der Waals surface area contributed by atoms with Crippen molar-refractivity contribution in [3.05, 3.63) is 77.7 Å². The summed E-state index contributed by atoms with van der Waals surface area (Å²) in [4.78, 5) is 21.7. The molecule has 2 N–H and O–H groups in total. The molecule has 0 radical (unpaired) electrons. The van der Waals surface area contributed by atoms with Gasteiger partial charge >= 0.3 is 0 Å². The van der Waals surface area contributed by atoms with E-state index >= 15 is 0 Å². The van der Waals surface area contributed by atoms with Crippen molar-refractivity contribution < 1.29 is 9.18 Å². The summed E-state index contributed by atoms with van der Waals surface area (Å²) < 4.78 is 13.7. The monoisotopic (exact) mass is 392 g/mol. The Balaban J connectivity index is 1.80. The van der Waals surface area contributed by atoms with E-state index in [2.05, 4.69) is 20.6 Å². The molecular formula is C23H25FN4O. The fourth-order valence-electron chi connectivity index (χ4n) is 2.83. The molecule has 0 bridgehead atoms. The Morgan fingerprint density at radius 2 is 1.69 bits per heavy atom. The lowest BCUT2D eigenvalue weighted by atomic mass is 10.1. The van der Waals surface area contributed by atoms with Crippen molar-refractivity contribution in [2.75, 3.05) is 11.9 Å². The molecule has 5 nitrogen and oxygen atoms in total. The fraction of sp³-hybridized carbons (Fsp3) is 0.261. The second-order valence-electron chi connectivity index (χ2n) is 7.80. The highest BCUT2D eigenvalue weighted by molar-refractivity contribution is 5.93. The molecule has 0 spiro atoms. The first-order valence-corrected chi connectivity index (χ1v) is 9.56. The zero-order valence-electron chi connectivity index (χ0n) is 16.9. The molecule has 0 atom stereocenters. The average molecular weight is 392 g/mol. The molecule has 0 aliphatic carbocycles. The van der Waals surface area contributed by atoms with Gasteiger partial charge in [-0.25, -0.2) is 14.4 Å². The molecule has 0 aliphatic rings. The molecule has 1 heterocycles. The summed E-state index contributed by atoms with van der Waals surface area (Å²) in [6, 6.07) is 17.7. The lowest BCUT2D eigenvalue weighted by Gasteiger charge is -2.22. The average Bonchev–Trinajstić information content (AvgIpc) is 2.68. The first kappa shape index (κ1) is 20.5. The highest BCUT2D eigenvalue weighted by atomic mass is 19.1. The molecule has 29 heavy (non-hydrogen) atoms. The Bertz CT molecular complexity index is 984. The number of amides is 1. The van der Waals surface area contributed by atoms with E-state index in [0.717, 1.165) is 5.56 Å². The summed E-state index contributed by atoms with van der Waals surface area (Å²) in [6.07, 6.45) is 0.405. The molecule has 0 saturated heterocycles. The maximum atomic E-state index is 13.7. The van der Waals surface area contributed by atoms with Crippen LogP contribution in [0.3, 0.4) is 0 Å². The minimum atomic E-state index is -0.321. The summed E-state index contributed by atoms with van der Waals surface area (Å²) in [7, 11) is 0. The van der Waals surface area contributed by atoms with Gasteiger partial charge in [0.25, 0.3) is 5.91 Å². The number of carbonyl (C=O) groups is 1. The highest BCUT2D eigenvalue weighted by Gasteiger charge is 2.16. The molecule has 150 valence electrons. The topological polar surface area (TPSA) is 66.9 Å². The van der Waals surface area contributed by atoms with Crippen molar-refractivity contribution >= 4 is 11.7 Å². The molecule has 2 aromatic carbocycles. The summed E-state index contributed by atoms with van der Waals surface area (Å²) in [5.41, 5.74) is 1.43. The normalized spacial score (nSPS) is 11.2. The number of rotatable bonds is 6. The smallest absolute Gasteiger partial charge is 0.270 e. The van der Waals surface area contributed by atoms with Gasteiger partial charge in [-0.1, -0.05) is 48.5 Å². The van der Waals surface area contributed by atoms with Crippen molar-refractivity contribution in [2.24, 2.45) is 0 Å². The van der Waals surface area contributed by atoms with Gasteiger partial charge in [0.05, 0.1) is 0 Å². The van der Waals surface area contributed by atoms with Gasteiger partial charge in [0.2, 0.25) is 0 Å². The number of anilines is 1. The number of hydrogen-bond acceptors (Lipinski definition) is 4. The van der Waals surface area contributed by atoms with E-state index < -0.39 is 0 Å². The van der Waals surface area contributed by atoms with E-state index in [0.29, 0.717) is 30.2 Å². The van der Waals surface area contributed by atoms with Gasteiger partial charge in [0.15, 0.2) is 5.82 Å². The van der Waals surface area contributed by atoms with Gasteiger partial charge < -0.3 is 10.6 Å². The molecule has 0 unspecified atom stereocenters. The van der Waals surface area contributed by atoms with Gasteiger partial charge in [-0.05, 0) is 38.8 Å². The van der Waals surface area contributed by atoms with Crippen LogP contribution < -0.4 is 10.6 Å². The first-order valence-electron chi connectivity index (χ1n) is 9.56. The van der Waals surface area contributed by atoms with Crippen LogP contribution in [0.1, 0.15) is 36.8 Å². The Morgan fingerprint density at radius 3 is 2.38 bits per heavy atom. The third-order valence-electron chi connectivity index (χ3n) is 4.13. The van der Waals surface area contributed by atoms with E-state index in [9.17, 15) is 9.18 Å². The molecular weight excluding hydrogens is 367 g/mol. The van der Waals surface area contributed by atoms with Crippen molar-refractivity contribution in [3.8, 4) is 11.4 Å². The zero-order valence-corrected chi connectivity index (χ0v) is 16.9. The summed E-state index contributed by atoms with van der Waals surface area (Å²) >= 11 is 0. The van der Waals surface area contributed by atoms with Crippen LogP contribution in [-0.4, -0.2) is 28.0 Å². The molecule has 0 saturated carbocycles. The zero-order chi connectivity index (χ0) is 20.9. The van der Waals surface area contributed by atoms with E-state index in [-0.39, 0.29) is 23.0 Å². The molecule has 0 fully saturated rings. The van der Waals surface area contributed by atoms with Gasteiger partial charge in [-0.2, -0.15) is 0 Å². The number of carbonyl (C=O) groups excluding carboxylic acids is 1. The number of hydrogen-bond donors (Lipinski definition) is 2. The standard InChI is InChI=1S/C23H25FN4O/c1-23(2,3)28-20-15-19(26-21(27-20)17-10-5-4-6-11-17)22(29)25-14-13-16-9-7-8-12-18(16)24/h4-12,15H,13-14H2,1-3H3,(H,25,29)(H,26,27,28). The van der Waals surface area contributed by atoms with Crippen LogP contribution in [0, 0.1) is 5.82 Å². The van der Waals surface area contributed by atoms with E-state index in [1.165, 1.54) is 6.07 Å². The predicted molar refractivity (Wildman–Crippen MR) is 113 cm³/mol. The lowest BCUT2D eigenvalue weighted by Crippen LogP contribution is -2.29. The first-order chi connectivity index (χ1) is 13.8. The molecule has 0 aliphatic heterocycles. The Labute approximate surface area is 170 Å². The number of nitrogens with one attached hydrogen (secondary N) is 2. The molecule has 3 rings (SSSR count). The van der Waals surface area contributed by atoms with Crippen LogP contribution in [0.5, 0.6) is 0 Å². The van der Waals surface area contributed by atoms with E-state index in [1.54, 1.807) is 24.3 Å². The maximum absolute atomic E-state index is 13.7. The molecule has 3 aromatic rings. The summed E-state index contributed by atoms with van der Waals surface area (Å²) in [5, 5.41) is 6.12. The molecule has 1 aromatic heterocycles. The summed E-state index contributed by atoms with van der Waals surface area (Å²) in [5.74, 6) is 0.453. The van der Waals surface area contributed by atoms with Gasteiger partial charge in [-0.15, -0.1) is 0 Å². The number of aromatic nitrogens is 2. The van der Waals surface area contributed by atoms with Crippen LogP contribution in [0.25, 0.3) is 11.4 Å². The minimum absolute atomic E-state index is 0.221. The Kier molecular flexibility index (Phi) is 6.22. The second kappa shape index (κ2) is 8.82. The third kappa shape index (κ3) is 5.85. The quantitative estimate of drug-likeness (QED) is 0.650. The van der Waals surface area contributed by atoms with Crippen molar-refractivity contribution in [1.29, 1.82) is 0 Å². The highest BCUT2D eigenvalue weighted by Crippen LogP contribution is 2.20. The van der Waals surface area contributed by atoms with Crippen molar-refractivity contribution in [1.82, 2.24) is 15.3 Å². The van der Waals surface area contributed by atoms with Gasteiger partial charge in [0, 0.05) is 23.7 Å². The number of halogens is 1. The van der Waals surface area contributed by atoms with E-state index in [4.69, 9.17) is 0 Å². The van der Waals surface area contributed by atoms with Crippen LogP contribution in [0.2, 0.25) is 0 Å². The Morgan fingerprint density at radius 1 is 1.00 bits per heavy atom. The van der Waals surface area contributed by atoms with Crippen LogP contribution in [-0.2, 0) is 6.42 Å². The second-order valence-corrected chi connectivity index (χ2v) is 7.80. The number of benzene rings is 2.